The Morgan fingerprint density at radius 3 is 2.08 bits per heavy atom. The number of hydrogen-bond acceptors (Lipinski definition) is 3. The lowest BCUT2D eigenvalue weighted by atomic mass is 9.31. The first-order valence-electron chi connectivity index (χ1n) is 28.8. The van der Waals surface area contributed by atoms with E-state index in [1.54, 1.807) is 27.8 Å². The Kier molecular flexibility index (Phi) is 10.6. The van der Waals surface area contributed by atoms with Crippen LogP contribution in [0.2, 0.25) is 0 Å². The highest BCUT2D eigenvalue weighted by Gasteiger charge is 2.58. The highest BCUT2D eigenvalue weighted by molar-refractivity contribution is 6.88. The van der Waals surface area contributed by atoms with Crippen LogP contribution in [-0.2, 0) is 5.41 Å². The molecule has 4 heteroatoms. The minimum atomic E-state index is 0.00643. The number of anilines is 1. The van der Waals surface area contributed by atoms with Crippen molar-refractivity contribution in [2.75, 3.05) is 4.90 Å². The third-order valence-corrected chi connectivity index (χ3v) is 21.7. The molecule has 2 aromatic rings. The molecule has 2 aliphatic heterocycles. The molecule has 3 heterocycles. The van der Waals surface area contributed by atoms with E-state index in [0.29, 0.717) is 29.6 Å². The van der Waals surface area contributed by atoms with Gasteiger partial charge in [-0.15, -0.1) is 0 Å². The molecule has 0 spiro atoms. The molecule has 0 saturated heterocycles. The molecule has 7 atom stereocenters. The minimum absolute atomic E-state index is 0.00643. The first-order valence-corrected chi connectivity index (χ1v) is 28.8. The predicted octanol–water partition coefficient (Wildman–Crippen LogP) is 17.4. The summed E-state index contributed by atoms with van der Waals surface area (Å²) in [5.41, 5.74) is 21.5. The van der Waals surface area contributed by atoms with Gasteiger partial charge in [-0.05, 0) is 172 Å². The van der Waals surface area contributed by atoms with Gasteiger partial charge in [0.2, 0.25) is 0 Å². The Labute approximate surface area is 436 Å². The van der Waals surface area contributed by atoms with Crippen LogP contribution >= 0.6 is 0 Å². The summed E-state index contributed by atoms with van der Waals surface area (Å²) in [4.78, 5) is 5.91. The van der Waals surface area contributed by atoms with Crippen LogP contribution in [0.3, 0.4) is 0 Å². The Hall–Kier alpha value is -4.18. The van der Waals surface area contributed by atoms with E-state index in [1.807, 2.05) is 0 Å². The number of allylic oxidation sites excluding steroid dienone is 14. The minimum Gasteiger partial charge on any atom is -0.468 e. The Morgan fingerprint density at radius 1 is 0.708 bits per heavy atom. The Bertz CT molecular complexity index is 3010. The van der Waals surface area contributed by atoms with E-state index in [9.17, 15) is 0 Å². The van der Waals surface area contributed by atoms with Gasteiger partial charge in [0.15, 0.2) is 0 Å². The SMILES string of the molecule is CC1=CC2=C3B(C4=C(CC5C(=C4)C(C)(C)CCC5(C)C)N2C2=CC4C(C=C2C2C=CC=CC2C)C(C)(C)CCC4(C)C)c2oc4ccc(C(C)(C)C)cc4c2N(C2C=CC4=C(C2)C(C)(C)CCC4(C)C)C3C1. The monoisotopic (exact) mass is 961 g/mol. The third-order valence-electron chi connectivity index (χ3n) is 21.7. The summed E-state index contributed by atoms with van der Waals surface area (Å²) < 4.78 is 7.67. The molecule has 1 aromatic carbocycles. The smallest absolute Gasteiger partial charge is 0.292 e. The summed E-state index contributed by atoms with van der Waals surface area (Å²) in [6, 6.07) is 7.58. The molecular weight excluding hydrogens is 872 g/mol. The maximum Gasteiger partial charge on any atom is 0.292 e. The van der Waals surface area contributed by atoms with Crippen molar-refractivity contribution in [3.8, 4) is 0 Å². The van der Waals surface area contributed by atoms with Crippen LogP contribution in [0.5, 0.6) is 0 Å². The number of furan rings is 1. The summed E-state index contributed by atoms with van der Waals surface area (Å²) in [7, 11) is 0. The molecule has 2 fully saturated rings. The van der Waals surface area contributed by atoms with Crippen LogP contribution in [0.15, 0.2) is 139 Å². The van der Waals surface area contributed by atoms with Crippen molar-refractivity contribution < 1.29 is 4.42 Å². The fourth-order valence-electron chi connectivity index (χ4n) is 16.6. The molecular formula is C68H89BN2O. The van der Waals surface area contributed by atoms with E-state index in [0.717, 1.165) is 24.8 Å². The molecule has 2 saturated carbocycles. The summed E-state index contributed by atoms with van der Waals surface area (Å²) in [5.74, 6) is 2.09. The molecule has 7 unspecified atom stereocenters. The zero-order valence-electron chi connectivity index (χ0n) is 47.8. The quantitative estimate of drug-likeness (QED) is 0.286. The zero-order chi connectivity index (χ0) is 51.2. The normalized spacial score (nSPS) is 33.3. The van der Waals surface area contributed by atoms with Gasteiger partial charge < -0.3 is 14.2 Å². The maximum atomic E-state index is 7.67. The summed E-state index contributed by atoms with van der Waals surface area (Å²) in [6.07, 6.45) is 36.6. The van der Waals surface area contributed by atoms with Gasteiger partial charge in [0, 0.05) is 34.4 Å². The van der Waals surface area contributed by atoms with Crippen molar-refractivity contribution in [3.05, 3.63) is 140 Å². The van der Waals surface area contributed by atoms with Crippen molar-refractivity contribution in [2.24, 2.45) is 62.1 Å². The summed E-state index contributed by atoms with van der Waals surface area (Å²) in [6.45, 7) is 42.7. The number of hydrogen-bond donors (Lipinski definition) is 0. The Balaban J connectivity index is 1.16. The number of fused-ring (bicyclic) bond motifs is 7. The van der Waals surface area contributed by atoms with Crippen LogP contribution in [0, 0.1) is 62.1 Å². The molecule has 8 aliphatic carbocycles. The Morgan fingerprint density at radius 2 is 1.38 bits per heavy atom. The van der Waals surface area contributed by atoms with Gasteiger partial charge >= 0.3 is 0 Å². The number of benzene rings is 1. The van der Waals surface area contributed by atoms with Crippen molar-refractivity contribution in [2.45, 2.75) is 193 Å². The number of nitrogens with zero attached hydrogens (tertiary/aromatic N) is 2. The molecule has 3 nitrogen and oxygen atoms in total. The standard InChI is InChI=1S/C68H89BN2O/c1-40-32-56-59-57(33-40)71(54-38-51-49(65(10,11)28-30-67(51,14)15)36-45(54)44-21-19-18-20-41(44)2)55-39-52-50(66(12,13)29-31-68(52,16)17)37-53(55)69(59)61-60(46-34-42(62(3,4)5)22-25-58(46)72-61)70(56)43-23-24-47-48(35-43)64(8,9)27-26-63(47,6)7/h18-25,33-34,36-38,41,43-44,49,51-52,56H,26-32,35,39H2,1-17H3. The third kappa shape index (κ3) is 7.21. The second-order valence-corrected chi connectivity index (χ2v) is 30.3. The molecule has 12 rings (SSSR count). The van der Waals surface area contributed by atoms with Crippen LogP contribution in [0.1, 0.15) is 181 Å². The van der Waals surface area contributed by atoms with Crippen molar-refractivity contribution in [3.63, 3.8) is 0 Å². The first-order chi connectivity index (χ1) is 33.6. The fourth-order valence-corrected chi connectivity index (χ4v) is 16.6. The van der Waals surface area contributed by atoms with Gasteiger partial charge in [0.25, 0.3) is 6.71 Å². The maximum absolute atomic E-state index is 7.67. The highest BCUT2D eigenvalue weighted by Crippen LogP contribution is 2.63. The predicted molar refractivity (Wildman–Crippen MR) is 306 cm³/mol. The lowest BCUT2D eigenvalue weighted by Gasteiger charge is -2.57. The van der Waals surface area contributed by atoms with Crippen LogP contribution < -0.4 is 10.6 Å². The van der Waals surface area contributed by atoms with Crippen molar-refractivity contribution in [1.82, 2.24) is 4.90 Å². The van der Waals surface area contributed by atoms with Gasteiger partial charge in [-0.3, -0.25) is 0 Å². The lowest BCUT2D eigenvalue weighted by molar-refractivity contribution is 0.0304. The molecule has 0 amide bonds. The summed E-state index contributed by atoms with van der Waals surface area (Å²) >= 11 is 0. The van der Waals surface area contributed by atoms with Crippen molar-refractivity contribution >= 4 is 29.0 Å². The van der Waals surface area contributed by atoms with E-state index < -0.39 is 0 Å². The molecule has 1 aromatic heterocycles. The van der Waals surface area contributed by atoms with Crippen LogP contribution in [0.25, 0.3) is 11.0 Å². The molecule has 72 heavy (non-hydrogen) atoms. The molecule has 380 valence electrons. The summed E-state index contributed by atoms with van der Waals surface area (Å²) in [5, 5.41) is 1.30. The molecule has 0 N–H and O–H groups in total. The zero-order valence-corrected chi connectivity index (χ0v) is 47.8. The molecule has 10 aliphatic rings. The van der Waals surface area contributed by atoms with E-state index in [2.05, 4.69) is 206 Å². The van der Waals surface area contributed by atoms with E-state index >= 15 is 0 Å². The van der Waals surface area contributed by atoms with Gasteiger partial charge in [0.1, 0.15) is 5.58 Å². The van der Waals surface area contributed by atoms with Gasteiger partial charge in [0.05, 0.1) is 17.4 Å². The van der Waals surface area contributed by atoms with E-state index in [-0.39, 0.29) is 56.7 Å². The second kappa shape index (κ2) is 15.7. The van der Waals surface area contributed by atoms with Crippen LogP contribution in [-0.4, -0.2) is 23.7 Å². The molecule has 0 bridgehead atoms. The number of rotatable bonds is 3. The van der Waals surface area contributed by atoms with E-state index in [4.69, 9.17) is 4.42 Å². The van der Waals surface area contributed by atoms with Gasteiger partial charge in [-0.25, -0.2) is 0 Å². The highest BCUT2D eigenvalue weighted by atomic mass is 16.3. The van der Waals surface area contributed by atoms with E-state index in [1.165, 1.54) is 89.0 Å². The second-order valence-electron chi connectivity index (χ2n) is 30.3. The van der Waals surface area contributed by atoms with Crippen molar-refractivity contribution in [1.29, 1.82) is 0 Å². The van der Waals surface area contributed by atoms with Gasteiger partial charge in [-0.1, -0.05) is 188 Å². The average Bonchev–Trinajstić information content (AvgIpc) is 3.68. The fraction of sp³-hybridized carbons (Fsp3) is 0.588. The topological polar surface area (TPSA) is 19.6 Å². The largest absolute Gasteiger partial charge is 0.468 e. The van der Waals surface area contributed by atoms with Gasteiger partial charge in [-0.2, -0.15) is 0 Å². The van der Waals surface area contributed by atoms with Crippen LogP contribution in [0.4, 0.5) is 5.69 Å². The molecule has 0 radical (unpaired) electrons. The average molecular weight is 961 g/mol. The lowest BCUT2D eigenvalue weighted by Crippen LogP contribution is -2.61. The first kappa shape index (κ1) is 48.7.